The van der Waals surface area contributed by atoms with Crippen LogP contribution in [0.3, 0.4) is 0 Å². The maximum atomic E-state index is 12.6. The summed E-state index contributed by atoms with van der Waals surface area (Å²) in [6.07, 6.45) is 3.64. The van der Waals surface area contributed by atoms with Gasteiger partial charge in [0.2, 0.25) is 5.91 Å². The molecular weight excluding hydrogens is 540 g/mol. The van der Waals surface area contributed by atoms with Gasteiger partial charge in [0.15, 0.2) is 0 Å². The zero-order valence-electron chi connectivity index (χ0n) is 24.4. The molecule has 2 aromatic carbocycles. The first-order valence-electron chi connectivity index (χ1n) is 14.1. The highest BCUT2D eigenvalue weighted by molar-refractivity contribution is 5.98. The Labute approximate surface area is 243 Å². The highest BCUT2D eigenvalue weighted by atomic mass is 16.6. The third-order valence-corrected chi connectivity index (χ3v) is 8.34. The molecule has 4 aromatic rings. The number of benzene rings is 2. The second-order valence-corrected chi connectivity index (χ2v) is 11.0. The van der Waals surface area contributed by atoms with Crippen molar-refractivity contribution in [1.82, 2.24) is 40.2 Å². The molecule has 0 aliphatic carbocycles. The molecule has 2 aliphatic rings. The quantitative estimate of drug-likeness (QED) is 0.356. The van der Waals surface area contributed by atoms with Crippen molar-refractivity contribution in [2.24, 2.45) is 0 Å². The molecular formula is C29H36N8O5. The lowest BCUT2D eigenvalue weighted by Crippen LogP contribution is -2.46. The fourth-order valence-corrected chi connectivity index (χ4v) is 5.52. The predicted molar refractivity (Wildman–Crippen MR) is 154 cm³/mol. The summed E-state index contributed by atoms with van der Waals surface area (Å²) in [5.74, 6) is 0.0760. The molecule has 2 aliphatic heterocycles. The van der Waals surface area contributed by atoms with Crippen LogP contribution >= 0.6 is 0 Å². The molecule has 0 N–H and O–H groups in total. The Morgan fingerprint density at radius 1 is 0.690 bits per heavy atom. The van der Waals surface area contributed by atoms with E-state index in [2.05, 4.69) is 41.8 Å². The fourth-order valence-electron chi connectivity index (χ4n) is 5.52. The van der Waals surface area contributed by atoms with E-state index in [0.717, 1.165) is 38.8 Å². The highest BCUT2D eigenvalue weighted by Gasteiger charge is 2.27. The van der Waals surface area contributed by atoms with Gasteiger partial charge in [-0.3, -0.25) is 14.4 Å². The molecule has 3 amide bonds. The first kappa shape index (κ1) is 29.1. The van der Waals surface area contributed by atoms with E-state index in [1.54, 1.807) is 48.2 Å². The average molecular weight is 577 g/mol. The summed E-state index contributed by atoms with van der Waals surface area (Å²) in [4.78, 5) is 44.2. The third kappa shape index (κ3) is 6.40. The van der Waals surface area contributed by atoms with E-state index in [0.29, 0.717) is 52.3 Å². The Morgan fingerprint density at radius 2 is 1.10 bits per heavy atom. The molecule has 4 heterocycles. The molecule has 6 rings (SSSR count). The van der Waals surface area contributed by atoms with Crippen LogP contribution in [0.15, 0.2) is 45.7 Å². The molecule has 0 radical (unpaired) electrons. The van der Waals surface area contributed by atoms with Crippen LogP contribution in [-0.2, 0) is 4.79 Å². The van der Waals surface area contributed by atoms with Crippen molar-refractivity contribution < 1.29 is 23.6 Å². The number of likely N-dealkylation sites (tertiary alicyclic amines) is 2. The smallest absolute Gasteiger partial charge is 0.253 e. The Kier molecular flexibility index (Phi) is 8.76. The van der Waals surface area contributed by atoms with Crippen LogP contribution < -0.4 is 0 Å². The number of aromatic nitrogens is 4. The van der Waals surface area contributed by atoms with Crippen LogP contribution in [0, 0.1) is 0 Å². The molecule has 0 unspecified atom stereocenters. The van der Waals surface area contributed by atoms with E-state index in [9.17, 15) is 14.4 Å². The van der Waals surface area contributed by atoms with Gasteiger partial charge in [-0.15, -0.1) is 0 Å². The predicted octanol–water partition coefficient (Wildman–Crippen LogP) is 2.69. The third-order valence-electron chi connectivity index (χ3n) is 8.34. The molecule has 13 heteroatoms. The standard InChI is InChI=1S/C15H18N4O3.C14H18N4O2/c1-10(20)19-7-5-12(6-8-19)18(2)15(21)11-3-4-13-14(9-11)17-22-16-13;1-17-7-5-11(6-8-17)18(2)14(19)10-3-4-12-13(9-10)16-20-15-12/h3-4,9,12H,5-8H2,1-2H3;3-4,9,11H,5-8H2,1-2H3. The van der Waals surface area contributed by atoms with Crippen LogP contribution in [-0.4, -0.2) is 117 Å². The van der Waals surface area contributed by atoms with E-state index >= 15 is 0 Å². The van der Waals surface area contributed by atoms with E-state index in [1.165, 1.54) is 0 Å². The number of carbonyl (C=O) groups is 3. The van der Waals surface area contributed by atoms with E-state index in [1.807, 2.05) is 23.9 Å². The van der Waals surface area contributed by atoms with Crippen LogP contribution in [0.5, 0.6) is 0 Å². The first-order chi connectivity index (χ1) is 20.2. The normalized spacial score (nSPS) is 16.7. The van der Waals surface area contributed by atoms with Crippen LogP contribution in [0.4, 0.5) is 0 Å². The maximum Gasteiger partial charge on any atom is 0.253 e. The van der Waals surface area contributed by atoms with Crippen molar-refractivity contribution in [1.29, 1.82) is 0 Å². The minimum Gasteiger partial charge on any atom is -0.343 e. The summed E-state index contributed by atoms with van der Waals surface area (Å²) in [5.41, 5.74) is 3.70. The van der Waals surface area contributed by atoms with Crippen LogP contribution in [0.1, 0.15) is 53.3 Å². The number of amides is 3. The lowest BCUT2D eigenvalue weighted by Gasteiger charge is -2.36. The van der Waals surface area contributed by atoms with Crippen molar-refractivity contribution in [2.75, 3.05) is 47.3 Å². The summed E-state index contributed by atoms with van der Waals surface area (Å²) in [7, 11) is 5.80. The van der Waals surface area contributed by atoms with E-state index in [4.69, 9.17) is 0 Å². The summed E-state index contributed by atoms with van der Waals surface area (Å²) in [6, 6.07) is 10.9. The zero-order chi connectivity index (χ0) is 29.8. The number of nitrogens with zero attached hydrogens (tertiary/aromatic N) is 8. The monoisotopic (exact) mass is 576 g/mol. The lowest BCUT2D eigenvalue weighted by atomic mass is 10.0. The minimum absolute atomic E-state index is 0.0319. The summed E-state index contributed by atoms with van der Waals surface area (Å²) >= 11 is 0. The molecule has 0 saturated carbocycles. The van der Waals surface area contributed by atoms with Crippen molar-refractivity contribution >= 4 is 39.8 Å². The molecule has 2 aromatic heterocycles. The topological polar surface area (TPSA) is 142 Å². The lowest BCUT2D eigenvalue weighted by molar-refractivity contribution is -0.130. The molecule has 0 atom stereocenters. The fraction of sp³-hybridized carbons (Fsp3) is 0.483. The number of rotatable bonds is 4. The zero-order valence-corrected chi connectivity index (χ0v) is 24.4. The molecule has 2 saturated heterocycles. The van der Waals surface area contributed by atoms with Crippen LogP contribution in [0.25, 0.3) is 22.1 Å². The molecule has 0 bridgehead atoms. The number of fused-ring (bicyclic) bond motifs is 2. The number of hydrogen-bond donors (Lipinski definition) is 0. The number of hydrogen-bond acceptors (Lipinski definition) is 10. The van der Waals surface area contributed by atoms with Crippen molar-refractivity contribution in [3.63, 3.8) is 0 Å². The van der Waals surface area contributed by atoms with Crippen molar-refractivity contribution in [3.05, 3.63) is 47.5 Å². The molecule has 222 valence electrons. The second-order valence-electron chi connectivity index (χ2n) is 11.0. The highest BCUT2D eigenvalue weighted by Crippen LogP contribution is 2.20. The van der Waals surface area contributed by atoms with Gasteiger partial charge in [0, 0.05) is 57.3 Å². The summed E-state index contributed by atoms with van der Waals surface area (Å²) in [6.45, 7) is 5.05. The van der Waals surface area contributed by atoms with Gasteiger partial charge in [0.05, 0.1) is 0 Å². The second kappa shape index (κ2) is 12.6. The Morgan fingerprint density at radius 3 is 1.52 bits per heavy atom. The Balaban J connectivity index is 0.000000169. The molecule has 2 fully saturated rings. The molecule has 13 nitrogen and oxygen atoms in total. The Hall–Kier alpha value is -4.39. The van der Waals surface area contributed by atoms with Crippen molar-refractivity contribution in [2.45, 2.75) is 44.7 Å². The van der Waals surface area contributed by atoms with Gasteiger partial charge in [-0.05, 0) is 103 Å². The van der Waals surface area contributed by atoms with Gasteiger partial charge in [0.25, 0.3) is 11.8 Å². The van der Waals surface area contributed by atoms with Crippen LogP contribution in [0.2, 0.25) is 0 Å². The van der Waals surface area contributed by atoms with Gasteiger partial charge < -0.3 is 19.6 Å². The first-order valence-corrected chi connectivity index (χ1v) is 14.1. The molecule has 0 spiro atoms. The average Bonchev–Trinajstić information content (AvgIpc) is 3.69. The van der Waals surface area contributed by atoms with Gasteiger partial charge in [-0.2, -0.15) is 0 Å². The van der Waals surface area contributed by atoms with Gasteiger partial charge >= 0.3 is 0 Å². The summed E-state index contributed by atoms with van der Waals surface area (Å²) < 4.78 is 9.31. The van der Waals surface area contributed by atoms with E-state index in [-0.39, 0.29) is 23.8 Å². The van der Waals surface area contributed by atoms with Gasteiger partial charge in [0.1, 0.15) is 22.1 Å². The minimum atomic E-state index is -0.0498. The Bertz CT molecular complexity index is 1550. The van der Waals surface area contributed by atoms with E-state index < -0.39 is 0 Å². The number of carbonyl (C=O) groups excluding carboxylic acids is 3. The summed E-state index contributed by atoms with van der Waals surface area (Å²) in [5, 5.41) is 15.0. The largest absolute Gasteiger partial charge is 0.343 e. The number of piperidine rings is 2. The van der Waals surface area contributed by atoms with Crippen molar-refractivity contribution in [3.8, 4) is 0 Å². The maximum absolute atomic E-state index is 12.6. The van der Waals surface area contributed by atoms with Gasteiger partial charge in [-0.1, -0.05) is 0 Å². The van der Waals surface area contributed by atoms with Gasteiger partial charge in [-0.25, -0.2) is 9.26 Å². The SMILES string of the molecule is CC(=O)N1CCC(N(C)C(=O)c2ccc3nonc3c2)CC1.CN1CCC(N(C)C(=O)c2ccc3nonc3c2)CC1. The molecule has 42 heavy (non-hydrogen) atoms.